The van der Waals surface area contributed by atoms with Crippen LogP contribution in [0.4, 0.5) is 0 Å². The van der Waals surface area contributed by atoms with Gasteiger partial charge in [0.2, 0.25) is 0 Å². The Bertz CT molecular complexity index is 790. The van der Waals surface area contributed by atoms with Gasteiger partial charge in [0, 0.05) is 13.1 Å². The van der Waals surface area contributed by atoms with Crippen LogP contribution in [0.1, 0.15) is 22.5 Å². The van der Waals surface area contributed by atoms with Gasteiger partial charge >= 0.3 is 0 Å². The number of amides is 1. The molecular weight excluding hydrogens is 346 g/mol. The minimum absolute atomic E-state index is 0.00899. The molecule has 3 rings (SSSR count). The van der Waals surface area contributed by atoms with E-state index < -0.39 is 15.1 Å². The molecule has 2 heterocycles. The third kappa shape index (κ3) is 3.32. The number of carbonyl (C=O) groups is 1. The van der Waals surface area contributed by atoms with E-state index in [1.807, 2.05) is 11.4 Å². The van der Waals surface area contributed by atoms with Crippen LogP contribution in [-0.2, 0) is 9.84 Å². The standard InChI is InChI=1S/C17H19NO4S2/c1-22-13-4-6-14(7-5-13)24(20,21)15-8-10-18(11-9-15)17(19)16-3-2-12-23-16/h2-7,12,15H,8-11H2,1H3. The van der Waals surface area contributed by atoms with Crippen LogP contribution in [0.15, 0.2) is 46.7 Å². The molecule has 1 amide bonds. The summed E-state index contributed by atoms with van der Waals surface area (Å²) in [6.45, 7) is 0.938. The number of sulfone groups is 1. The zero-order chi connectivity index (χ0) is 17.2. The number of hydrogen-bond acceptors (Lipinski definition) is 5. The van der Waals surface area contributed by atoms with Crippen molar-refractivity contribution in [1.82, 2.24) is 4.90 Å². The Kier molecular flexibility index (Phi) is 4.91. The van der Waals surface area contributed by atoms with Gasteiger partial charge in [-0.1, -0.05) is 6.07 Å². The van der Waals surface area contributed by atoms with Crippen molar-refractivity contribution in [3.63, 3.8) is 0 Å². The van der Waals surface area contributed by atoms with Crippen LogP contribution < -0.4 is 4.74 Å². The molecule has 5 nitrogen and oxygen atoms in total. The Morgan fingerprint density at radius 1 is 1.17 bits per heavy atom. The molecule has 128 valence electrons. The van der Waals surface area contributed by atoms with Crippen LogP contribution >= 0.6 is 11.3 Å². The normalized spacial score (nSPS) is 16.1. The van der Waals surface area contributed by atoms with Crippen LogP contribution in [0.5, 0.6) is 5.75 Å². The van der Waals surface area contributed by atoms with Gasteiger partial charge in [-0.25, -0.2) is 8.42 Å². The van der Waals surface area contributed by atoms with Crippen molar-refractivity contribution in [3.8, 4) is 5.75 Å². The van der Waals surface area contributed by atoms with Crippen LogP contribution in [0, 0.1) is 0 Å². The highest BCUT2D eigenvalue weighted by Gasteiger charge is 2.33. The lowest BCUT2D eigenvalue weighted by atomic mass is 10.1. The molecule has 0 saturated carbocycles. The SMILES string of the molecule is COc1ccc(S(=O)(=O)C2CCN(C(=O)c3cccs3)CC2)cc1. The summed E-state index contributed by atoms with van der Waals surface area (Å²) in [7, 11) is -1.84. The summed E-state index contributed by atoms with van der Waals surface area (Å²) in [5.74, 6) is 0.621. The average Bonchev–Trinajstić information content (AvgIpc) is 3.16. The Labute approximate surface area is 145 Å². The quantitative estimate of drug-likeness (QED) is 0.836. The molecule has 0 spiro atoms. The molecule has 0 atom stereocenters. The first-order valence-electron chi connectivity index (χ1n) is 7.73. The van der Waals surface area contributed by atoms with E-state index in [4.69, 9.17) is 4.74 Å². The molecule has 0 N–H and O–H groups in total. The van der Waals surface area contributed by atoms with Gasteiger partial charge in [0.15, 0.2) is 9.84 Å². The summed E-state index contributed by atoms with van der Waals surface area (Å²) >= 11 is 1.41. The highest BCUT2D eigenvalue weighted by Crippen LogP contribution is 2.27. The molecule has 1 aromatic heterocycles. The first-order chi connectivity index (χ1) is 11.5. The summed E-state index contributed by atoms with van der Waals surface area (Å²) < 4.78 is 30.6. The molecule has 24 heavy (non-hydrogen) atoms. The van der Waals surface area contributed by atoms with Gasteiger partial charge in [0.05, 0.1) is 22.1 Å². The monoisotopic (exact) mass is 365 g/mol. The third-order valence-electron chi connectivity index (χ3n) is 4.29. The lowest BCUT2D eigenvalue weighted by Crippen LogP contribution is -2.42. The molecule has 1 saturated heterocycles. The summed E-state index contributed by atoms with van der Waals surface area (Å²) in [5, 5.41) is 1.42. The smallest absolute Gasteiger partial charge is 0.263 e. The zero-order valence-electron chi connectivity index (χ0n) is 13.3. The van der Waals surface area contributed by atoms with Crippen LogP contribution in [0.25, 0.3) is 0 Å². The highest BCUT2D eigenvalue weighted by molar-refractivity contribution is 7.92. The Morgan fingerprint density at radius 3 is 2.38 bits per heavy atom. The van der Waals surface area contributed by atoms with E-state index >= 15 is 0 Å². The van der Waals surface area contributed by atoms with Gasteiger partial charge in [0.1, 0.15) is 5.75 Å². The molecule has 0 bridgehead atoms. The summed E-state index contributed by atoms with van der Waals surface area (Å²) in [6, 6.07) is 10.1. The topological polar surface area (TPSA) is 63.7 Å². The number of ether oxygens (including phenoxy) is 1. The van der Waals surface area contributed by atoms with Crippen molar-refractivity contribution < 1.29 is 17.9 Å². The van der Waals surface area contributed by atoms with Crippen LogP contribution in [0.2, 0.25) is 0 Å². The van der Waals surface area contributed by atoms with E-state index in [1.54, 1.807) is 42.3 Å². The molecular formula is C17H19NO4S2. The molecule has 1 aliphatic heterocycles. The predicted octanol–water partition coefficient (Wildman–Crippen LogP) is 2.84. The second kappa shape index (κ2) is 6.94. The molecule has 0 radical (unpaired) electrons. The molecule has 1 fully saturated rings. The minimum atomic E-state index is -3.38. The zero-order valence-corrected chi connectivity index (χ0v) is 15.0. The summed E-state index contributed by atoms with van der Waals surface area (Å²) in [6.07, 6.45) is 0.928. The predicted molar refractivity (Wildman–Crippen MR) is 93.4 cm³/mol. The molecule has 0 unspecified atom stereocenters. The molecule has 7 heteroatoms. The van der Waals surface area contributed by atoms with Gasteiger partial charge in [-0.05, 0) is 48.6 Å². The van der Waals surface area contributed by atoms with E-state index in [1.165, 1.54) is 11.3 Å². The number of methoxy groups -OCH3 is 1. The number of likely N-dealkylation sites (tertiary alicyclic amines) is 1. The highest BCUT2D eigenvalue weighted by atomic mass is 32.2. The van der Waals surface area contributed by atoms with Gasteiger partial charge in [0.25, 0.3) is 5.91 Å². The van der Waals surface area contributed by atoms with E-state index in [0.29, 0.717) is 41.5 Å². The molecule has 1 aromatic carbocycles. The van der Waals surface area contributed by atoms with Crippen molar-refractivity contribution in [2.24, 2.45) is 0 Å². The number of thiophene rings is 1. The average molecular weight is 365 g/mol. The number of rotatable bonds is 4. The fraction of sp³-hybridized carbons (Fsp3) is 0.353. The minimum Gasteiger partial charge on any atom is -0.497 e. The van der Waals surface area contributed by atoms with Gasteiger partial charge < -0.3 is 9.64 Å². The number of piperidine rings is 1. The second-order valence-corrected chi connectivity index (χ2v) is 8.87. The van der Waals surface area contributed by atoms with Crippen molar-refractivity contribution >= 4 is 27.1 Å². The van der Waals surface area contributed by atoms with E-state index in [9.17, 15) is 13.2 Å². The van der Waals surface area contributed by atoms with Crippen LogP contribution in [0.3, 0.4) is 0 Å². The number of benzene rings is 1. The molecule has 0 aliphatic carbocycles. The summed E-state index contributed by atoms with van der Waals surface area (Å²) in [5.41, 5.74) is 0. The third-order valence-corrected chi connectivity index (χ3v) is 7.42. The molecule has 1 aliphatic rings. The van der Waals surface area contributed by atoms with Crippen molar-refractivity contribution in [2.75, 3.05) is 20.2 Å². The van der Waals surface area contributed by atoms with Crippen molar-refractivity contribution in [1.29, 1.82) is 0 Å². The fourth-order valence-electron chi connectivity index (χ4n) is 2.88. The number of nitrogens with zero attached hydrogens (tertiary/aromatic N) is 1. The largest absolute Gasteiger partial charge is 0.497 e. The lowest BCUT2D eigenvalue weighted by molar-refractivity contribution is 0.0730. The van der Waals surface area contributed by atoms with Gasteiger partial charge in [-0.2, -0.15) is 0 Å². The first kappa shape index (κ1) is 17.0. The Balaban J connectivity index is 1.68. The van der Waals surface area contributed by atoms with E-state index in [-0.39, 0.29) is 5.91 Å². The molecule has 2 aromatic rings. The van der Waals surface area contributed by atoms with E-state index in [2.05, 4.69) is 0 Å². The maximum absolute atomic E-state index is 12.7. The van der Waals surface area contributed by atoms with Crippen molar-refractivity contribution in [3.05, 3.63) is 46.7 Å². The van der Waals surface area contributed by atoms with Crippen LogP contribution in [-0.4, -0.2) is 44.7 Å². The van der Waals surface area contributed by atoms with Gasteiger partial charge in [-0.3, -0.25) is 4.79 Å². The first-order valence-corrected chi connectivity index (χ1v) is 10.2. The lowest BCUT2D eigenvalue weighted by Gasteiger charge is -2.31. The maximum atomic E-state index is 12.7. The Hall–Kier alpha value is -1.86. The Morgan fingerprint density at radius 2 is 1.83 bits per heavy atom. The van der Waals surface area contributed by atoms with Gasteiger partial charge in [-0.15, -0.1) is 11.3 Å². The van der Waals surface area contributed by atoms with Crippen molar-refractivity contribution in [2.45, 2.75) is 23.0 Å². The van der Waals surface area contributed by atoms with E-state index in [0.717, 1.165) is 0 Å². The fourth-order valence-corrected chi connectivity index (χ4v) is 5.31. The number of carbonyl (C=O) groups excluding carboxylic acids is 1. The second-order valence-electron chi connectivity index (χ2n) is 5.69. The summed E-state index contributed by atoms with van der Waals surface area (Å²) in [4.78, 5) is 15.1. The number of hydrogen-bond donors (Lipinski definition) is 0. The maximum Gasteiger partial charge on any atom is 0.263 e.